The lowest BCUT2D eigenvalue weighted by atomic mass is 9.78. The summed E-state index contributed by atoms with van der Waals surface area (Å²) in [7, 11) is 0. The Balaban J connectivity index is 1.11. The van der Waals surface area contributed by atoms with Crippen LogP contribution in [0.25, 0.3) is 22.3 Å². The van der Waals surface area contributed by atoms with E-state index in [1.807, 2.05) is 58.0 Å². The molecule has 2 aromatic heterocycles. The molecule has 0 fully saturated rings. The number of pyridine rings is 2. The van der Waals surface area contributed by atoms with E-state index in [0.29, 0.717) is 23.3 Å². The maximum Gasteiger partial charge on any atom is 0.355 e. The number of nitrogens with zero attached hydrogens (tertiary/aromatic N) is 2. The number of aliphatic hydroxyl groups is 4. The number of nitrogens with one attached hydrogen (secondary N) is 4. The minimum atomic E-state index is -2.31. The van der Waals surface area contributed by atoms with Crippen LogP contribution >= 0.6 is 0 Å². The number of aliphatic hydroxyl groups excluding tert-OH is 4. The third kappa shape index (κ3) is 15.9. The highest BCUT2D eigenvalue weighted by Gasteiger charge is 2.50. The van der Waals surface area contributed by atoms with Gasteiger partial charge in [-0.05, 0) is 62.6 Å². The van der Waals surface area contributed by atoms with Crippen LogP contribution in [0.4, 0.5) is 0 Å². The van der Waals surface area contributed by atoms with Crippen LogP contribution in [0.3, 0.4) is 0 Å². The molecule has 2 aliphatic heterocycles. The summed E-state index contributed by atoms with van der Waals surface area (Å²) in [5, 5.41) is 52.8. The van der Waals surface area contributed by atoms with E-state index in [2.05, 4.69) is 21.3 Å². The van der Waals surface area contributed by atoms with Gasteiger partial charge in [-0.15, -0.1) is 0 Å². The number of ketones is 3. The van der Waals surface area contributed by atoms with Crippen LogP contribution in [-0.2, 0) is 76.1 Å². The fourth-order valence-electron chi connectivity index (χ4n) is 9.45. The first-order valence-corrected chi connectivity index (χ1v) is 26.5. The molecule has 7 atom stereocenters. The molecule has 78 heavy (non-hydrogen) atoms. The molecular formula is C55H74N6O17. The van der Waals surface area contributed by atoms with Gasteiger partial charge in [0.25, 0.3) is 11.5 Å². The van der Waals surface area contributed by atoms with E-state index < -0.39 is 89.3 Å². The number of cyclic esters (lactones) is 1. The molecule has 0 saturated heterocycles. The van der Waals surface area contributed by atoms with E-state index in [0.717, 1.165) is 10.9 Å². The molecule has 3 aromatic rings. The van der Waals surface area contributed by atoms with Gasteiger partial charge in [-0.1, -0.05) is 52.8 Å². The molecule has 4 amide bonds. The van der Waals surface area contributed by atoms with Gasteiger partial charge in [0.15, 0.2) is 17.7 Å². The summed E-state index contributed by atoms with van der Waals surface area (Å²) in [5.74, 6) is -6.33. The maximum atomic E-state index is 13.9. The highest BCUT2D eigenvalue weighted by atomic mass is 16.6. The number of fused-ring (bicyclic) bond motifs is 5. The van der Waals surface area contributed by atoms with Gasteiger partial charge in [0.05, 0.1) is 54.7 Å². The Bertz CT molecular complexity index is 2770. The highest BCUT2D eigenvalue weighted by Crippen LogP contribution is 2.41. The SMILES string of the molecule is CCC(C(=O)NCCCC(=O)[C@@H](O)[C@H](O)[C@H](O)[C@@H](O)C(=O)NCCCC(=O)C(CC(=O)NCCCC(=O)O[C@]1(CC)C(=O)OCc2c1cc1n(c2=O)Cc2cc3ccccc3nc2-1)NC(=O)CCOCCC(C)=O)C(C)(C)C. The van der Waals surface area contributed by atoms with Crippen molar-refractivity contribution < 1.29 is 77.8 Å². The summed E-state index contributed by atoms with van der Waals surface area (Å²) >= 11 is 0. The number of benzene rings is 1. The van der Waals surface area contributed by atoms with Crippen molar-refractivity contribution in [3.05, 3.63) is 63.4 Å². The first kappa shape index (κ1) is 62.1. The van der Waals surface area contributed by atoms with Crippen molar-refractivity contribution in [3.63, 3.8) is 0 Å². The van der Waals surface area contributed by atoms with E-state index in [-0.39, 0.29) is 138 Å². The summed E-state index contributed by atoms with van der Waals surface area (Å²) < 4.78 is 18.2. The molecule has 5 rings (SSSR count). The molecule has 8 N–H and O–H groups in total. The van der Waals surface area contributed by atoms with E-state index in [4.69, 9.17) is 19.2 Å². The van der Waals surface area contributed by atoms with Gasteiger partial charge in [-0.25, -0.2) is 9.78 Å². The van der Waals surface area contributed by atoms with Crippen molar-refractivity contribution in [3.8, 4) is 11.4 Å². The molecule has 0 aliphatic carbocycles. The Morgan fingerprint density at radius 1 is 0.782 bits per heavy atom. The van der Waals surface area contributed by atoms with E-state index >= 15 is 0 Å². The molecule has 0 bridgehead atoms. The second kappa shape index (κ2) is 28.2. The van der Waals surface area contributed by atoms with Crippen LogP contribution in [0, 0.1) is 11.3 Å². The fraction of sp³-hybridized carbons (Fsp3) is 0.582. The average molecular weight is 1090 g/mol. The molecule has 0 radical (unpaired) electrons. The van der Waals surface area contributed by atoms with Crippen molar-refractivity contribution in [2.45, 2.75) is 161 Å². The molecule has 4 heterocycles. The topological polar surface area (TPSA) is 345 Å². The van der Waals surface area contributed by atoms with Gasteiger partial charge in [-0.3, -0.25) is 43.2 Å². The highest BCUT2D eigenvalue weighted by molar-refractivity contribution is 5.93. The number of carbonyl (C=O) groups is 9. The standard InChI is InChI=1S/C55H74N6O17/c1-7-35(54(4,5)6)50(72)57-22-12-17-41(64)46(68)47(69)48(70)49(71)51(73)58-23-11-16-40(63)38(59-42(65)20-25-76-24-19-31(3)62)28-43(66)56-21-13-18-44(67)78-55(8-2)36-27-39-45-33(26-32-14-9-10-15-37(32)60-45)29-61(39)52(74)34(36)30-77-53(55)75/h9-10,14-15,26-27,35,38,46-49,68-71H,7-8,11-13,16-25,28-30H2,1-6H3,(H,56,66)(H,57,72)(H,58,73)(H,59,65)/t35?,38?,46-,47+,48+,49-,55+/m1/s1. The molecule has 0 spiro atoms. The van der Waals surface area contributed by atoms with Crippen molar-refractivity contribution in [2.24, 2.45) is 11.3 Å². The van der Waals surface area contributed by atoms with Crippen LogP contribution in [-0.4, -0.2) is 146 Å². The van der Waals surface area contributed by atoms with Crippen molar-refractivity contribution in [1.82, 2.24) is 30.8 Å². The molecule has 426 valence electrons. The zero-order valence-corrected chi connectivity index (χ0v) is 45.1. The molecule has 2 unspecified atom stereocenters. The van der Waals surface area contributed by atoms with Crippen molar-refractivity contribution in [2.75, 3.05) is 32.8 Å². The van der Waals surface area contributed by atoms with Gasteiger partial charge < -0.3 is 60.5 Å². The van der Waals surface area contributed by atoms with Gasteiger partial charge in [0.1, 0.15) is 30.7 Å². The lowest BCUT2D eigenvalue weighted by Crippen LogP contribution is -2.52. The largest absolute Gasteiger partial charge is 0.457 e. The third-order valence-electron chi connectivity index (χ3n) is 13.9. The molecule has 23 heteroatoms. The summed E-state index contributed by atoms with van der Waals surface area (Å²) in [4.78, 5) is 134. The predicted octanol–water partition coefficient (Wildman–Crippen LogP) is 1.23. The Labute approximate surface area is 451 Å². The van der Waals surface area contributed by atoms with Gasteiger partial charge in [-0.2, -0.15) is 0 Å². The van der Waals surface area contributed by atoms with Gasteiger partial charge in [0, 0.05) is 74.2 Å². The number of ether oxygens (including phenoxy) is 3. The summed E-state index contributed by atoms with van der Waals surface area (Å²) in [6, 6.07) is 9.74. The molecule has 2 aliphatic rings. The Morgan fingerprint density at radius 2 is 1.41 bits per heavy atom. The third-order valence-corrected chi connectivity index (χ3v) is 13.9. The van der Waals surface area contributed by atoms with E-state index in [1.165, 1.54) is 6.92 Å². The van der Waals surface area contributed by atoms with E-state index in [1.54, 1.807) is 17.6 Å². The molecule has 1 aromatic carbocycles. The van der Waals surface area contributed by atoms with E-state index in [9.17, 15) is 68.4 Å². The molecular weight excluding hydrogens is 1020 g/mol. The van der Waals surface area contributed by atoms with Crippen LogP contribution in [0.2, 0.25) is 0 Å². The number of aromatic nitrogens is 2. The number of carbonyl (C=O) groups excluding carboxylic acids is 9. The first-order valence-electron chi connectivity index (χ1n) is 26.5. The first-order chi connectivity index (χ1) is 36.9. The fourth-order valence-corrected chi connectivity index (χ4v) is 9.45. The van der Waals surface area contributed by atoms with Gasteiger partial charge >= 0.3 is 11.9 Å². The molecule has 0 saturated carbocycles. The van der Waals surface area contributed by atoms with Crippen molar-refractivity contribution in [1.29, 1.82) is 0 Å². The zero-order valence-electron chi connectivity index (χ0n) is 45.1. The predicted molar refractivity (Wildman–Crippen MR) is 280 cm³/mol. The number of hydrogen-bond donors (Lipinski definition) is 8. The van der Waals surface area contributed by atoms with Crippen molar-refractivity contribution >= 4 is 63.8 Å². The minimum Gasteiger partial charge on any atom is -0.457 e. The van der Waals surface area contributed by atoms with Crippen LogP contribution in [0.1, 0.15) is 129 Å². The number of hydrogen-bond acceptors (Lipinski definition) is 18. The number of para-hydroxylation sites is 1. The van der Waals surface area contributed by atoms with Crippen LogP contribution < -0.4 is 26.8 Å². The van der Waals surface area contributed by atoms with Gasteiger partial charge in [0.2, 0.25) is 23.3 Å². The number of esters is 2. The van der Waals surface area contributed by atoms with Crippen LogP contribution in [0.15, 0.2) is 41.2 Å². The second-order valence-electron chi connectivity index (χ2n) is 20.7. The quantitative estimate of drug-likeness (QED) is 0.0260. The normalized spacial score (nSPS) is 16.9. The minimum absolute atomic E-state index is 0.0109. The number of rotatable bonds is 31. The number of amides is 4. The molecule has 23 nitrogen and oxygen atoms in total. The Morgan fingerprint density at radius 3 is 2.08 bits per heavy atom. The monoisotopic (exact) mass is 1090 g/mol. The number of Topliss-reactive ketones (excluding diaryl/α,β-unsaturated/α-hetero) is 3. The summed E-state index contributed by atoms with van der Waals surface area (Å²) in [6.07, 6.45) is -10.0. The lowest BCUT2D eigenvalue weighted by Gasteiger charge is -2.35. The Hall–Kier alpha value is -6.79. The smallest absolute Gasteiger partial charge is 0.355 e. The second-order valence-corrected chi connectivity index (χ2v) is 20.7. The zero-order chi connectivity index (χ0) is 57.5. The average Bonchev–Trinajstić information content (AvgIpc) is 3.78. The maximum absolute atomic E-state index is 13.9. The Kier molecular flexibility index (Phi) is 22.4. The summed E-state index contributed by atoms with van der Waals surface area (Å²) in [5.41, 5.74) is 0.298. The summed E-state index contributed by atoms with van der Waals surface area (Å²) in [6.45, 7) is 10.3. The lowest BCUT2D eigenvalue weighted by molar-refractivity contribution is -0.189. The van der Waals surface area contributed by atoms with Crippen LogP contribution in [0.5, 0.6) is 0 Å².